The zero-order valence-corrected chi connectivity index (χ0v) is 18.9. The lowest BCUT2D eigenvalue weighted by Gasteiger charge is -2.17. The summed E-state index contributed by atoms with van der Waals surface area (Å²) in [6, 6.07) is 18.9. The number of ether oxygens (including phenoxy) is 2. The second-order valence-electron chi connectivity index (χ2n) is 6.91. The molecule has 4 rings (SSSR count). The highest BCUT2D eigenvalue weighted by atomic mass is 32.2. The predicted molar refractivity (Wildman–Crippen MR) is 132 cm³/mol. The van der Waals surface area contributed by atoms with Crippen LogP contribution in [0.3, 0.4) is 0 Å². The number of benzene rings is 3. The maximum absolute atomic E-state index is 13.3. The first-order chi connectivity index (χ1) is 15.5. The first-order valence-electron chi connectivity index (χ1n) is 9.91. The first kappa shape index (κ1) is 21.9. The second kappa shape index (κ2) is 9.42. The fourth-order valence-electron chi connectivity index (χ4n) is 3.38. The zero-order chi connectivity index (χ0) is 22.7. The third kappa shape index (κ3) is 4.46. The molecule has 162 valence electrons. The van der Waals surface area contributed by atoms with E-state index in [0.29, 0.717) is 27.3 Å². The molecular formula is C24H20N2O4S2. The minimum Gasteiger partial charge on any atom is -0.490 e. The second-order valence-corrected chi connectivity index (χ2v) is 8.59. The molecule has 0 aromatic heterocycles. The Morgan fingerprint density at radius 3 is 2.66 bits per heavy atom. The van der Waals surface area contributed by atoms with Gasteiger partial charge in [0.25, 0.3) is 11.8 Å². The van der Waals surface area contributed by atoms with Gasteiger partial charge < -0.3 is 15.2 Å². The number of hydrogen-bond acceptors (Lipinski definition) is 6. The fraction of sp³-hybridized carbons (Fsp3) is 0.125. The Morgan fingerprint density at radius 1 is 1.09 bits per heavy atom. The molecule has 2 amide bonds. The van der Waals surface area contributed by atoms with Crippen molar-refractivity contribution in [1.82, 2.24) is 0 Å². The van der Waals surface area contributed by atoms with Gasteiger partial charge in [0, 0.05) is 5.39 Å². The van der Waals surface area contributed by atoms with Gasteiger partial charge in [-0.05, 0) is 42.1 Å². The van der Waals surface area contributed by atoms with E-state index < -0.39 is 5.91 Å². The van der Waals surface area contributed by atoms with Crippen molar-refractivity contribution in [3.8, 4) is 11.5 Å². The molecule has 0 radical (unpaired) electrons. The van der Waals surface area contributed by atoms with Crippen LogP contribution in [0.25, 0.3) is 16.8 Å². The Kier molecular flexibility index (Phi) is 6.43. The van der Waals surface area contributed by atoms with Crippen LogP contribution in [-0.2, 0) is 9.59 Å². The summed E-state index contributed by atoms with van der Waals surface area (Å²) in [5.41, 5.74) is 6.67. The smallest absolute Gasteiger partial charge is 0.270 e. The summed E-state index contributed by atoms with van der Waals surface area (Å²) in [5.74, 6) is 0.120. The lowest BCUT2D eigenvalue weighted by Crippen LogP contribution is -2.27. The maximum atomic E-state index is 13.3. The van der Waals surface area contributed by atoms with Gasteiger partial charge in [0.15, 0.2) is 22.4 Å². The van der Waals surface area contributed by atoms with E-state index in [1.807, 2.05) is 49.4 Å². The van der Waals surface area contributed by atoms with Gasteiger partial charge in [0.1, 0.15) is 0 Å². The summed E-state index contributed by atoms with van der Waals surface area (Å²) in [5, 5.41) is 2.00. The Morgan fingerprint density at radius 2 is 1.88 bits per heavy atom. The predicted octanol–water partition coefficient (Wildman–Crippen LogP) is 4.51. The maximum Gasteiger partial charge on any atom is 0.270 e. The molecule has 1 aliphatic heterocycles. The molecule has 6 nitrogen and oxygen atoms in total. The van der Waals surface area contributed by atoms with Crippen molar-refractivity contribution < 1.29 is 19.1 Å². The van der Waals surface area contributed by atoms with Gasteiger partial charge in [0.2, 0.25) is 0 Å². The number of amides is 2. The van der Waals surface area contributed by atoms with Gasteiger partial charge in [-0.3, -0.25) is 14.5 Å². The van der Waals surface area contributed by atoms with Gasteiger partial charge in [0.05, 0.1) is 17.2 Å². The van der Waals surface area contributed by atoms with E-state index >= 15 is 0 Å². The molecule has 3 aromatic rings. The Hall–Kier alpha value is -3.36. The lowest BCUT2D eigenvalue weighted by atomic mass is 10.1. The normalized spacial score (nSPS) is 14.9. The Balaban J connectivity index is 1.65. The third-order valence-electron chi connectivity index (χ3n) is 4.74. The van der Waals surface area contributed by atoms with E-state index in [9.17, 15) is 9.59 Å². The Labute approximate surface area is 195 Å². The molecule has 1 saturated heterocycles. The minimum atomic E-state index is -0.575. The molecule has 0 unspecified atom stereocenters. The van der Waals surface area contributed by atoms with Crippen LogP contribution in [0.15, 0.2) is 65.6 Å². The monoisotopic (exact) mass is 464 g/mol. The standard InChI is InChI=1S/C24H20N2O4S2/c1-2-29-20-12-15(10-11-19(20)30-14-22(25)27)13-21-23(28)26(24(31)32-21)18-9-5-7-16-6-3-4-8-17(16)18/h3-13H,2,14H2,1H3,(H2,25,27)/b21-13+. The number of nitrogens with two attached hydrogens (primary N) is 1. The molecule has 1 fully saturated rings. The summed E-state index contributed by atoms with van der Waals surface area (Å²) in [4.78, 5) is 26.4. The third-order valence-corrected chi connectivity index (χ3v) is 6.04. The fourth-order valence-corrected chi connectivity index (χ4v) is 4.67. The van der Waals surface area contributed by atoms with Gasteiger partial charge >= 0.3 is 0 Å². The quantitative estimate of drug-likeness (QED) is 0.409. The molecular weight excluding hydrogens is 444 g/mol. The molecule has 1 aliphatic rings. The van der Waals surface area contributed by atoms with Crippen LogP contribution in [0, 0.1) is 0 Å². The van der Waals surface area contributed by atoms with E-state index in [1.165, 1.54) is 11.8 Å². The van der Waals surface area contributed by atoms with Crippen molar-refractivity contribution >= 4 is 62.7 Å². The zero-order valence-electron chi connectivity index (χ0n) is 17.2. The number of thiocarbonyl (C=S) groups is 1. The molecule has 1 heterocycles. The molecule has 32 heavy (non-hydrogen) atoms. The van der Waals surface area contributed by atoms with Crippen molar-refractivity contribution in [3.63, 3.8) is 0 Å². The molecule has 0 aliphatic carbocycles. The molecule has 0 bridgehead atoms. The van der Waals surface area contributed by atoms with Crippen LogP contribution in [-0.4, -0.2) is 29.3 Å². The average Bonchev–Trinajstić information content (AvgIpc) is 3.05. The van der Waals surface area contributed by atoms with Crippen LogP contribution in [0.1, 0.15) is 12.5 Å². The SMILES string of the molecule is CCOc1cc(/C=C2/SC(=S)N(c3cccc4ccccc34)C2=O)ccc1OCC(N)=O. The number of thioether (sulfide) groups is 1. The molecule has 0 spiro atoms. The van der Waals surface area contributed by atoms with E-state index in [0.717, 1.165) is 22.0 Å². The highest BCUT2D eigenvalue weighted by Gasteiger charge is 2.34. The van der Waals surface area contributed by atoms with Crippen LogP contribution in [0.4, 0.5) is 5.69 Å². The topological polar surface area (TPSA) is 81.9 Å². The van der Waals surface area contributed by atoms with Crippen LogP contribution in [0.2, 0.25) is 0 Å². The van der Waals surface area contributed by atoms with Crippen molar-refractivity contribution in [3.05, 3.63) is 71.1 Å². The Bertz CT molecular complexity index is 1250. The molecule has 3 aromatic carbocycles. The number of fused-ring (bicyclic) bond motifs is 1. The average molecular weight is 465 g/mol. The van der Waals surface area contributed by atoms with Gasteiger partial charge in [-0.1, -0.05) is 66.4 Å². The number of hydrogen-bond donors (Lipinski definition) is 1. The van der Waals surface area contributed by atoms with E-state index in [2.05, 4.69) is 0 Å². The van der Waals surface area contributed by atoms with Gasteiger partial charge in [-0.25, -0.2) is 0 Å². The highest BCUT2D eigenvalue weighted by molar-refractivity contribution is 8.27. The summed E-state index contributed by atoms with van der Waals surface area (Å²) in [7, 11) is 0. The van der Waals surface area contributed by atoms with Crippen molar-refractivity contribution in [2.45, 2.75) is 6.92 Å². The number of nitrogens with zero attached hydrogens (tertiary/aromatic N) is 1. The van der Waals surface area contributed by atoms with Crippen molar-refractivity contribution in [2.24, 2.45) is 5.73 Å². The summed E-state index contributed by atoms with van der Waals surface area (Å²) < 4.78 is 11.5. The molecule has 0 saturated carbocycles. The molecule has 0 atom stereocenters. The number of anilines is 1. The van der Waals surface area contributed by atoms with Crippen molar-refractivity contribution in [2.75, 3.05) is 18.1 Å². The summed E-state index contributed by atoms with van der Waals surface area (Å²) in [6.45, 7) is 2.02. The number of carbonyl (C=O) groups excluding carboxylic acids is 2. The number of rotatable bonds is 7. The largest absolute Gasteiger partial charge is 0.490 e. The lowest BCUT2D eigenvalue weighted by molar-refractivity contribution is -0.120. The first-order valence-corrected chi connectivity index (χ1v) is 11.1. The van der Waals surface area contributed by atoms with Crippen LogP contribution in [0.5, 0.6) is 11.5 Å². The number of primary amides is 1. The van der Waals surface area contributed by atoms with Crippen molar-refractivity contribution in [1.29, 1.82) is 0 Å². The van der Waals surface area contributed by atoms with Gasteiger partial charge in [-0.15, -0.1) is 0 Å². The van der Waals surface area contributed by atoms with Gasteiger partial charge in [-0.2, -0.15) is 0 Å². The molecule has 8 heteroatoms. The van der Waals surface area contributed by atoms with E-state index in [1.54, 1.807) is 29.2 Å². The molecule has 2 N–H and O–H groups in total. The van der Waals surface area contributed by atoms with Crippen LogP contribution < -0.4 is 20.1 Å². The van der Waals surface area contributed by atoms with E-state index in [4.69, 9.17) is 27.4 Å². The highest BCUT2D eigenvalue weighted by Crippen LogP contribution is 2.39. The summed E-state index contributed by atoms with van der Waals surface area (Å²) in [6.07, 6.45) is 1.77. The van der Waals surface area contributed by atoms with E-state index in [-0.39, 0.29) is 12.5 Å². The minimum absolute atomic E-state index is 0.177. The van der Waals surface area contributed by atoms with Crippen LogP contribution >= 0.6 is 24.0 Å². The number of carbonyl (C=O) groups is 2. The summed E-state index contributed by atoms with van der Waals surface area (Å²) >= 11 is 6.79.